The summed E-state index contributed by atoms with van der Waals surface area (Å²) in [6.45, 7) is 5.93. The van der Waals surface area contributed by atoms with E-state index in [9.17, 15) is 28.8 Å². The third-order valence-corrected chi connectivity index (χ3v) is 5.56. The molecular weight excluding hydrogens is 679 g/mol. The van der Waals surface area contributed by atoms with Crippen molar-refractivity contribution < 1.29 is 54.7 Å². The summed E-state index contributed by atoms with van der Waals surface area (Å²) in [6.07, 6.45) is 6.98. The number of nitrogens with one attached hydrogen (secondary N) is 3. The number of carbonyl (C=O) groups excluding carboxylic acids is 6. The maximum absolute atomic E-state index is 12.3. The van der Waals surface area contributed by atoms with Crippen LogP contribution in [0.2, 0.25) is 0 Å². The maximum Gasteiger partial charge on any atom is 0.253 e. The monoisotopic (exact) mass is 717 g/mol. The Morgan fingerprint density at radius 2 is 1.74 bits per heavy atom. The number of amides is 6. The number of imide groups is 1. The van der Waals surface area contributed by atoms with E-state index in [4.69, 9.17) is 12.8 Å². The molecule has 2 radical (unpaired) electrons. The van der Waals surface area contributed by atoms with Crippen LogP contribution in [0.1, 0.15) is 65.7 Å². The van der Waals surface area contributed by atoms with E-state index in [1.54, 1.807) is 0 Å². The third kappa shape index (κ3) is 13.4. The van der Waals surface area contributed by atoms with Crippen LogP contribution in [0, 0.1) is 0 Å². The molecule has 1 saturated heterocycles. The maximum atomic E-state index is 12.3. The van der Waals surface area contributed by atoms with Gasteiger partial charge in [-0.1, -0.05) is 33.6 Å². The predicted octanol–water partition coefficient (Wildman–Crippen LogP) is -0.0400. The summed E-state index contributed by atoms with van der Waals surface area (Å²) in [6, 6.07) is -1.57. The van der Waals surface area contributed by atoms with Gasteiger partial charge in [-0.2, -0.15) is 0 Å². The molecule has 2 heterocycles. The first kappa shape index (κ1) is 36.4. The van der Waals surface area contributed by atoms with Crippen LogP contribution < -0.4 is 15.9 Å². The number of hydroxylamine groups is 1. The second-order valence-electron chi connectivity index (χ2n) is 8.81. The average molecular weight is 717 g/mol. The van der Waals surface area contributed by atoms with Crippen molar-refractivity contribution >= 4 is 43.4 Å². The van der Waals surface area contributed by atoms with Gasteiger partial charge >= 0.3 is 0 Å². The fourth-order valence-corrected chi connectivity index (χ4v) is 3.63. The molecule has 6 amide bonds. The molecule has 2 aliphatic heterocycles. The number of unbranched alkanes of at least 4 members (excludes halogenated alkanes) is 2. The van der Waals surface area contributed by atoms with Crippen molar-refractivity contribution in [2.45, 2.75) is 77.8 Å². The minimum atomic E-state index is -0.924. The zero-order valence-corrected chi connectivity index (χ0v) is 25.7. The first-order valence-corrected chi connectivity index (χ1v) is 12.9. The van der Waals surface area contributed by atoms with Gasteiger partial charge in [-0.25, -0.2) is 0 Å². The normalized spacial score (nSPS) is 16.6. The summed E-state index contributed by atoms with van der Waals surface area (Å²) in [7, 11) is 5.13. The van der Waals surface area contributed by atoms with Crippen LogP contribution in [0.25, 0.3) is 5.48 Å². The Kier molecular flexibility index (Phi) is 19.0. The minimum Gasteiger partial charge on any atom is -0.522 e. The van der Waals surface area contributed by atoms with Crippen molar-refractivity contribution in [2.75, 3.05) is 26.4 Å². The first-order chi connectivity index (χ1) is 18.2. The van der Waals surface area contributed by atoms with E-state index >= 15 is 0 Å². The topological polar surface area (TPSA) is 168 Å². The number of likely N-dealkylation sites (tertiary alicyclic amines) is 1. The van der Waals surface area contributed by atoms with Gasteiger partial charge in [0.1, 0.15) is 12.8 Å². The number of rotatable bonds is 14. The van der Waals surface area contributed by atoms with Crippen molar-refractivity contribution in [1.29, 1.82) is 0 Å². The van der Waals surface area contributed by atoms with Gasteiger partial charge in [-0.15, -0.1) is 0 Å². The molecule has 13 nitrogen and oxygen atoms in total. The molecule has 2 unspecified atom stereocenters. The fourth-order valence-electron chi connectivity index (χ4n) is 3.63. The number of hydrogen-bond donors (Lipinski definition) is 3. The third-order valence-electron chi connectivity index (χ3n) is 5.56. The van der Waals surface area contributed by atoms with Crippen LogP contribution in [-0.2, 0) is 54.7 Å². The van der Waals surface area contributed by atoms with E-state index < -0.39 is 29.8 Å². The molecule has 3 N–H and O–H groups in total. The average Bonchev–Trinajstić information content (AvgIpc) is 3.51. The molecule has 2 atom stereocenters. The molecule has 1 fully saturated rings. The predicted molar refractivity (Wildman–Crippen MR) is 139 cm³/mol. The van der Waals surface area contributed by atoms with Crippen LogP contribution in [0.15, 0.2) is 12.2 Å². The molecule has 0 aromatic heterocycles. The minimum absolute atomic E-state index is 0. The van der Waals surface area contributed by atoms with Gasteiger partial charge < -0.3 is 31.1 Å². The Morgan fingerprint density at radius 3 is 2.36 bits per heavy atom. The van der Waals surface area contributed by atoms with Crippen LogP contribution in [-0.4, -0.2) is 91.7 Å². The molecule has 15 heteroatoms. The zero-order chi connectivity index (χ0) is 28.5. The van der Waals surface area contributed by atoms with E-state index in [2.05, 4.69) is 30.0 Å². The SMILES string of the molecule is CCC.[B]NC(=O)C1CCCN1C(=O)CNC(=O)C(C)[N-]OCNC(=O)CCCCCN1C(=O)C=CC1=O.[W]. The Labute approximate surface area is 245 Å². The largest absolute Gasteiger partial charge is 0.522 e. The van der Waals surface area contributed by atoms with Crippen molar-refractivity contribution in [3.63, 3.8) is 0 Å². The molecule has 0 aliphatic carbocycles. The van der Waals surface area contributed by atoms with Gasteiger partial charge in [0.2, 0.25) is 31.6 Å². The molecular formula is C24H38BN6O7W-. The fraction of sp³-hybridized carbons (Fsp3) is 0.667. The van der Waals surface area contributed by atoms with Crippen LogP contribution in [0.3, 0.4) is 0 Å². The molecule has 0 bridgehead atoms. The van der Waals surface area contributed by atoms with Gasteiger partial charge in [-0.3, -0.25) is 33.7 Å². The van der Waals surface area contributed by atoms with E-state index in [0.29, 0.717) is 45.2 Å². The summed E-state index contributed by atoms with van der Waals surface area (Å²) < 4.78 is 0. The quantitative estimate of drug-likeness (QED) is 0.0746. The second kappa shape index (κ2) is 20.4. The molecule has 0 saturated carbocycles. The van der Waals surface area contributed by atoms with Crippen molar-refractivity contribution in [3.05, 3.63) is 17.6 Å². The second-order valence-corrected chi connectivity index (χ2v) is 8.81. The Morgan fingerprint density at radius 1 is 1.10 bits per heavy atom. The van der Waals surface area contributed by atoms with Gasteiger partial charge in [0.15, 0.2) is 0 Å². The summed E-state index contributed by atoms with van der Waals surface area (Å²) in [5.74, 6) is -2.30. The van der Waals surface area contributed by atoms with Gasteiger partial charge in [0, 0.05) is 52.7 Å². The van der Waals surface area contributed by atoms with E-state index in [0.717, 1.165) is 4.90 Å². The van der Waals surface area contributed by atoms with Gasteiger partial charge in [-0.05, 0) is 31.7 Å². The van der Waals surface area contributed by atoms with Crippen LogP contribution >= 0.6 is 0 Å². The van der Waals surface area contributed by atoms with Crippen molar-refractivity contribution in [3.8, 4) is 0 Å². The van der Waals surface area contributed by atoms with E-state index in [-0.39, 0.29) is 58.5 Å². The van der Waals surface area contributed by atoms with E-state index in [1.807, 2.05) is 5.23 Å². The molecule has 0 spiro atoms. The molecule has 0 aromatic rings. The molecule has 2 aliphatic rings. The summed E-state index contributed by atoms with van der Waals surface area (Å²) in [5, 5.41) is 6.99. The summed E-state index contributed by atoms with van der Waals surface area (Å²) in [5.41, 5.74) is 3.69. The van der Waals surface area contributed by atoms with Crippen molar-refractivity contribution in [2.24, 2.45) is 0 Å². The number of nitrogens with zero attached hydrogens (tertiary/aromatic N) is 3. The van der Waals surface area contributed by atoms with E-state index in [1.165, 1.54) is 30.4 Å². The Balaban J connectivity index is 0.00000344. The summed E-state index contributed by atoms with van der Waals surface area (Å²) >= 11 is 0. The van der Waals surface area contributed by atoms with Gasteiger partial charge in [0.05, 0.1) is 6.54 Å². The smallest absolute Gasteiger partial charge is 0.253 e. The molecule has 2 rings (SSSR count). The number of hydrogen-bond acceptors (Lipinski definition) is 7. The standard InChI is InChI=1S/C21H30BN6O7.C3H8.W/c1-14(20(33)23-12-19(32)27-11-5-6-15(27)21(34)25-22)26-35-13-24-16(29)7-3-2-4-10-28-17(30)8-9-18(28)31;1-3-2;/h8-9,14-15H,2-7,10-13H2,1H3,(H,23,33)(H,24,29)(H,25,34);3H2,1-2H3;/q-1;;. The summed E-state index contributed by atoms with van der Waals surface area (Å²) in [4.78, 5) is 78.3. The molecule has 39 heavy (non-hydrogen) atoms. The molecule has 216 valence electrons. The Bertz CT molecular complexity index is 858. The molecule has 0 aromatic carbocycles. The first-order valence-electron chi connectivity index (χ1n) is 12.9. The van der Waals surface area contributed by atoms with Crippen molar-refractivity contribution in [1.82, 2.24) is 25.7 Å². The Hall–Kier alpha value is -2.57. The van der Waals surface area contributed by atoms with Crippen LogP contribution in [0.4, 0.5) is 0 Å². The number of carbonyl (C=O) groups is 6. The van der Waals surface area contributed by atoms with Crippen LogP contribution in [0.5, 0.6) is 0 Å². The zero-order valence-electron chi connectivity index (χ0n) is 22.8. The van der Waals surface area contributed by atoms with Gasteiger partial charge in [0.25, 0.3) is 11.8 Å².